The Balaban J connectivity index is 1.82. The van der Waals surface area contributed by atoms with Crippen LogP contribution >= 0.6 is 34.8 Å². The van der Waals surface area contributed by atoms with Gasteiger partial charge in [-0.05, 0) is 37.1 Å². The van der Waals surface area contributed by atoms with Crippen molar-refractivity contribution in [1.82, 2.24) is 0 Å². The van der Waals surface area contributed by atoms with Crippen LogP contribution in [0.15, 0.2) is 41.5 Å². The van der Waals surface area contributed by atoms with Crippen LogP contribution in [0.5, 0.6) is 0 Å². The Morgan fingerprint density at radius 3 is 2.18 bits per heavy atom. The molecule has 1 aromatic carbocycles. The average molecular weight is 762 g/mol. The highest BCUT2D eigenvalue weighted by Gasteiger charge is 2.79. The number of carbonyl (C=O) groups is 5. The maximum atomic E-state index is 15.4. The molecule has 1 heterocycles. The first-order valence-corrected chi connectivity index (χ1v) is 17.0. The summed E-state index contributed by atoms with van der Waals surface area (Å²) in [5.74, 6) is -4.97. The van der Waals surface area contributed by atoms with Gasteiger partial charge >= 0.3 is 24.1 Å². The Kier molecular flexibility index (Phi) is 10.1. The van der Waals surface area contributed by atoms with Crippen molar-refractivity contribution in [2.24, 2.45) is 16.7 Å². The minimum atomic E-state index is -2.25. The van der Waals surface area contributed by atoms with E-state index >= 15 is 4.79 Å². The van der Waals surface area contributed by atoms with Gasteiger partial charge in [0.2, 0.25) is 3.79 Å². The molecule has 1 saturated heterocycles. The predicted molar refractivity (Wildman–Crippen MR) is 175 cm³/mol. The minimum Gasteiger partial charge on any atom is -0.455 e. The summed E-state index contributed by atoms with van der Waals surface area (Å²) >= 11 is 17.3. The molecule has 5 rings (SSSR count). The van der Waals surface area contributed by atoms with Crippen molar-refractivity contribution >= 4 is 64.6 Å². The van der Waals surface area contributed by atoms with E-state index in [1.54, 1.807) is 32.0 Å². The summed E-state index contributed by atoms with van der Waals surface area (Å²) < 4.78 is 32.7. The Labute approximate surface area is 303 Å². The average Bonchev–Trinajstić information content (AvgIpc) is 3.01. The number of rotatable bonds is 6. The van der Waals surface area contributed by atoms with Gasteiger partial charge < -0.3 is 38.6 Å². The SMILES string of the molecule is CC(=O)O[C@H]1C(=O)[C@]2(C)[C@@H](OC(=O)OCC(Cl)(Cl)Cl)C[C@H]3OC[C@@]3(OC(C)=O)[C@@H]2[C@H](OC(=O)c2ccccc2)[C@]2(O)C[C@H](O)C(C)=C1C2(C)C. The second-order valence-corrected chi connectivity index (χ2v) is 16.5. The molecule has 2 saturated carbocycles. The predicted octanol–water partition coefficient (Wildman–Crippen LogP) is 4.18. The van der Waals surface area contributed by atoms with Crippen molar-refractivity contribution < 1.29 is 62.6 Å². The van der Waals surface area contributed by atoms with Crippen LogP contribution in [-0.2, 0) is 42.8 Å². The third kappa shape index (κ3) is 6.28. The van der Waals surface area contributed by atoms with Crippen LogP contribution in [0.3, 0.4) is 0 Å². The second kappa shape index (κ2) is 13.2. The lowest BCUT2D eigenvalue weighted by Crippen LogP contribution is -2.82. The van der Waals surface area contributed by atoms with Crippen molar-refractivity contribution in [3.05, 3.63) is 47.0 Å². The minimum absolute atomic E-state index is 0.0606. The number of hydrogen-bond donors (Lipinski definition) is 2. The number of aliphatic hydroxyl groups is 2. The van der Waals surface area contributed by atoms with Crippen molar-refractivity contribution in [1.29, 1.82) is 0 Å². The fourth-order valence-electron chi connectivity index (χ4n) is 8.35. The van der Waals surface area contributed by atoms with Gasteiger partial charge in [-0.1, -0.05) is 66.8 Å². The highest BCUT2D eigenvalue weighted by molar-refractivity contribution is 6.67. The Bertz CT molecular complexity index is 1610. The van der Waals surface area contributed by atoms with Crippen molar-refractivity contribution in [3.8, 4) is 0 Å². The van der Waals surface area contributed by atoms with Crippen LogP contribution in [0.4, 0.5) is 4.79 Å². The lowest BCUT2D eigenvalue weighted by atomic mass is 9.44. The molecule has 274 valence electrons. The summed E-state index contributed by atoms with van der Waals surface area (Å²) in [6.07, 6.45) is -9.52. The van der Waals surface area contributed by atoms with Crippen LogP contribution in [-0.4, -0.2) is 98.8 Å². The number of hydrogen-bond acceptors (Lipinski definition) is 13. The summed E-state index contributed by atoms with van der Waals surface area (Å²) in [4.78, 5) is 68.0. The number of Topliss-reactive ketones (excluding diaryl/α,β-unsaturated/α-hetero) is 1. The number of alkyl halides is 3. The molecule has 1 aliphatic heterocycles. The number of aliphatic hydroxyl groups excluding tert-OH is 1. The number of ketones is 1. The summed E-state index contributed by atoms with van der Waals surface area (Å²) in [6.45, 7) is 7.27. The van der Waals surface area contributed by atoms with E-state index in [9.17, 15) is 29.4 Å². The third-order valence-corrected chi connectivity index (χ3v) is 11.1. The smallest absolute Gasteiger partial charge is 0.455 e. The Hall–Kier alpha value is -2.94. The van der Waals surface area contributed by atoms with E-state index in [1.807, 2.05) is 0 Å². The van der Waals surface area contributed by atoms with Crippen LogP contribution in [0.2, 0.25) is 0 Å². The van der Waals surface area contributed by atoms with E-state index in [0.29, 0.717) is 0 Å². The molecule has 3 aliphatic carbocycles. The van der Waals surface area contributed by atoms with Crippen LogP contribution in [0, 0.1) is 16.7 Å². The molecule has 1 aromatic rings. The fourth-order valence-corrected chi connectivity index (χ4v) is 8.51. The van der Waals surface area contributed by atoms with Gasteiger partial charge in [-0.15, -0.1) is 0 Å². The quantitative estimate of drug-likeness (QED) is 0.183. The van der Waals surface area contributed by atoms with Crippen molar-refractivity contribution in [2.45, 2.75) is 99.9 Å². The van der Waals surface area contributed by atoms with Gasteiger partial charge in [0.25, 0.3) is 0 Å². The molecule has 0 radical (unpaired) electrons. The summed E-state index contributed by atoms with van der Waals surface area (Å²) in [5.41, 5.74) is -7.26. The first-order chi connectivity index (χ1) is 23.1. The summed E-state index contributed by atoms with van der Waals surface area (Å²) in [7, 11) is 0. The first kappa shape index (κ1) is 38.3. The molecule has 9 atom stereocenters. The fraction of sp³-hybridized carbons (Fsp3) is 0.618. The molecule has 16 heteroatoms. The summed E-state index contributed by atoms with van der Waals surface area (Å²) in [6, 6.07) is 7.85. The molecule has 2 bridgehead atoms. The zero-order chi connectivity index (χ0) is 37.2. The molecular weight excluding hydrogens is 723 g/mol. The van der Waals surface area contributed by atoms with E-state index in [2.05, 4.69) is 0 Å². The van der Waals surface area contributed by atoms with Gasteiger partial charge in [0.1, 0.15) is 30.5 Å². The molecule has 0 unspecified atom stereocenters. The monoisotopic (exact) mass is 760 g/mol. The number of halogens is 3. The molecule has 4 aliphatic rings. The molecule has 3 fully saturated rings. The normalized spacial score (nSPS) is 35.9. The van der Waals surface area contributed by atoms with E-state index in [-0.39, 0.29) is 29.7 Å². The number of ether oxygens (including phenoxy) is 6. The standard InChI is InChI=1S/C34H39Cl3O13/c1-16-20(40)13-33(44)27(49-28(42)19-10-8-7-9-11-19)25-31(6,26(41)24(47-17(2)38)23(16)30(33,4)5)21(48-29(43)46-15-34(35,36)37)12-22-32(25,14-45-22)50-18(3)39/h7-11,20-22,24-25,27,40,44H,12-15H2,1-6H3/t20-,21-,22+,24+,25+,27-,31+,32-,33+/m0/s1. The maximum Gasteiger partial charge on any atom is 0.508 e. The summed E-state index contributed by atoms with van der Waals surface area (Å²) in [5, 5.41) is 24.6. The molecule has 50 heavy (non-hydrogen) atoms. The molecule has 13 nitrogen and oxygen atoms in total. The van der Waals surface area contributed by atoms with Crippen LogP contribution in [0.1, 0.15) is 64.7 Å². The van der Waals surface area contributed by atoms with Gasteiger partial charge in [-0.3, -0.25) is 14.4 Å². The van der Waals surface area contributed by atoms with Gasteiger partial charge in [-0.2, -0.15) is 0 Å². The zero-order valence-corrected chi connectivity index (χ0v) is 30.5. The highest BCUT2D eigenvalue weighted by atomic mass is 35.6. The van der Waals surface area contributed by atoms with Gasteiger partial charge in [-0.25, -0.2) is 9.59 Å². The second-order valence-electron chi connectivity index (χ2n) is 14.0. The maximum absolute atomic E-state index is 15.4. The Morgan fingerprint density at radius 2 is 1.64 bits per heavy atom. The number of esters is 3. The first-order valence-electron chi connectivity index (χ1n) is 15.9. The molecule has 0 spiro atoms. The van der Waals surface area contributed by atoms with Crippen molar-refractivity contribution in [3.63, 3.8) is 0 Å². The van der Waals surface area contributed by atoms with Crippen LogP contribution < -0.4 is 0 Å². The Morgan fingerprint density at radius 1 is 1.00 bits per heavy atom. The molecular formula is C34H39Cl3O13. The lowest BCUT2D eigenvalue weighted by molar-refractivity contribution is -0.346. The number of fused-ring (bicyclic) bond motifs is 5. The van der Waals surface area contributed by atoms with Gasteiger partial charge in [0, 0.05) is 32.1 Å². The topological polar surface area (TPSA) is 181 Å². The van der Waals surface area contributed by atoms with E-state index < -0.39 is 105 Å². The van der Waals surface area contributed by atoms with Crippen LogP contribution in [0.25, 0.3) is 0 Å². The molecule has 2 N–H and O–H groups in total. The lowest BCUT2D eigenvalue weighted by Gasteiger charge is -2.67. The van der Waals surface area contributed by atoms with E-state index in [0.717, 1.165) is 13.8 Å². The molecule has 0 amide bonds. The zero-order valence-electron chi connectivity index (χ0n) is 28.2. The largest absolute Gasteiger partial charge is 0.508 e. The molecule has 0 aromatic heterocycles. The van der Waals surface area contributed by atoms with Gasteiger partial charge in [0.15, 0.2) is 17.5 Å². The van der Waals surface area contributed by atoms with Gasteiger partial charge in [0.05, 0.1) is 29.6 Å². The van der Waals surface area contributed by atoms with E-state index in [1.165, 1.54) is 26.0 Å². The highest BCUT2D eigenvalue weighted by Crippen LogP contribution is 2.64. The number of benzene rings is 1. The third-order valence-electron chi connectivity index (χ3n) is 10.8. The van der Waals surface area contributed by atoms with E-state index in [4.69, 9.17) is 63.2 Å². The number of carbonyl (C=O) groups excluding carboxylic acids is 5. The van der Waals surface area contributed by atoms with Crippen molar-refractivity contribution in [2.75, 3.05) is 13.2 Å².